The molecule has 0 aliphatic carbocycles. The molecule has 1 rings (SSSR count). The lowest BCUT2D eigenvalue weighted by molar-refractivity contribution is 0.0933. The summed E-state index contributed by atoms with van der Waals surface area (Å²) in [6.07, 6.45) is 3.26. The van der Waals surface area contributed by atoms with Crippen LogP contribution in [0.3, 0.4) is 0 Å². The second-order valence-electron chi connectivity index (χ2n) is 5.03. The number of hydrogen-bond acceptors (Lipinski definition) is 3. The normalized spacial score (nSPS) is 10.8. The van der Waals surface area contributed by atoms with Gasteiger partial charge in [-0.3, -0.25) is 9.59 Å². The third kappa shape index (κ3) is 4.35. The molecule has 0 aliphatic heterocycles. The van der Waals surface area contributed by atoms with Gasteiger partial charge in [0.15, 0.2) is 5.78 Å². The number of carbonyl (C=O) groups is 2. The monoisotopic (exact) mass is 301 g/mol. The summed E-state index contributed by atoms with van der Waals surface area (Å²) in [5.41, 5.74) is 6.78. The number of nitrogens with one attached hydrogen (secondary N) is 1. The summed E-state index contributed by atoms with van der Waals surface area (Å²) in [4.78, 5) is 23.4. The van der Waals surface area contributed by atoms with E-state index < -0.39 is 0 Å². The van der Waals surface area contributed by atoms with Gasteiger partial charge in [-0.05, 0) is 25.8 Å². The van der Waals surface area contributed by atoms with Gasteiger partial charge in [-0.1, -0.05) is 13.8 Å². The maximum absolute atomic E-state index is 12.1. The molecular formula is C14H24ClN3O2. The van der Waals surface area contributed by atoms with Gasteiger partial charge in [0.2, 0.25) is 0 Å². The maximum atomic E-state index is 12.1. The number of ketones is 1. The van der Waals surface area contributed by atoms with E-state index in [-0.39, 0.29) is 29.6 Å². The molecular weight excluding hydrogens is 278 g/mol. The molecule has 0 bridgehead atoms. The van der Waals surface area contributed by atoms with Crippen molar-refractivity contribution in [3.05, 3.63) is 23.5 Å². The van der Waals surface area contributed by atoms with Gasteiger partial charge in [0.05, 0.1) is 0 Å². The fourth-order valence-corrected chi connectivity index (χ4v) is 1.83. The topological polar surface area (TPSA) is 77.1 Å². The highest BCUT2D eigenvalue weighted by molar-refractivity contribution is 5.99. The minimum absolute atomic E-state index is 0. The van der Waals surface area contributed by atoms with Crippen molar-refractivity contribution in [1.29, 1.82) is 0 Å². The molecule has 5 nitrogen and oxygen atoms in total. The fraction of sp³-hybridized carbons (Fsp3) is 0.571. The zero-order valence-corrected chi connectivity index (χ0v) is 13.3. The van der Waals surface area contributed by atoms with Crippen molar-refractivity contribution < 1.29 is 9.59 Å². The Kier molecular flexibility index (Phi) is 6.96. The van der Waals surface area contributed by atoms with E-state index in [0.717, 1.165) is 12.8 Å². The first-order valence-corrected chi connectivity index (χ1v) is 6.57. The van der Waals surface area contributed by atoms with Gasteiger partial charge in [-0.25, -0.2) is 0 Å². The molecule has 3 N–H and O–H groups in total. The first-order chi connectivity index (χ1) is 8.83. The number of aryl methyl sites for hydroxylation is 1. The third-order valence-corrected chi connectivity index (χ3v) is 3.65. The van der Waals surface area contributed by atoms with E-state index in [1.165, 1.54) is 6.92 Å². The van der Waals surface area contributed by atoms with Gasteiger partial charge in [0, 0.05) is 30.9 Å². The van der Waals surface area contributed by atoms with E-state index in [2.05, 4.69) is 5.32 Å². The van der Waals surface area contributed by atoms with E-state index in [1.807, 2.05) is 13.8 Å². The van der Waals surface area contributed by atoms with Crippen LogP contribution in [0.15, 0.2) is 12.3 Å². The van der Waals surface area contributed by atoms with Gasteiger partial charge in [-0.15, -0.1) is 12.4 Å². The third-order valence-electron chi connectivity index (χ3n) is 3.65. The first-order valence-electron chi connectivity index (χ1n) is 6.57. The zero-order chi connectivity index (χ0) is 14.6. The number of carbonyl (C=O) groups excluding carboxylic acids is 2. The number of hydrogen-bond donors (Lipinski definition) is 2. The Hall–Kier alpha value is -1.33. The number of rotatable bonds is 6. The van der Waals surface area contributed by atoms with Crippen molar-refractivity contribution in [3.8, 4) is 0 Å². The lowest BCUT2D eigenvalue weighted by Crippen LogP contribution is -2.49. The van der Waals surface area contributed by atoms with Crippen LogP contribution in [0.2, 0.25) is 0 Å². The van der Waals surface area contributed by atoms with Crippen molar-refractivity contribution in [2.24, 2.45) is 12.8 Å². The van der Waals surface area contributed by atoms with Crippen LogP contribution in [0, 0.1) is 0 Å². The van der Waals surface area contributed by atoms with Crippen molar-refractivity contribution in [2.75, 3.05) is 6.54 Å². The summed E-state index contributed by atoms with van der Waals surface area (Å²) in [6.45, 7) is 5.92. The predicted molar refractivity (Wildman–Crippen MR) is 82.5 cm³/mol. The van der Waals surface area contributed by atoms with Crippen molar-refractivity contribution in [3.63, 3.8) is 0 Å². The summed E-state index contributed by atoms with van der Waals surface area (Å²) < 4.78 is 1.65. The van der Waals surface area contributed by atoms with Crippen LogP contribution < -0.4 is 11.1 Å². The highest BCUT2D eigenvalue weighted by Crippen LogP contribution is 2.11. The van der Waals surface area contributed by atoms with Crippen molar-refractivity contribution in [2.45, 2.75) is 39.2 Å². The summed E-state index contributed by atoms with van der Waals surface area (Å²) >= 11 is 0. The van der Waals surface area contributed by atoms with Crippen LogP contribution in [-0.2, 0) is 7.05 Å². The molecule has 0 radical (unpaired) electrons. The summed E-state index contributed by atoms with van der Waals surface area (Å²) in [5, 5.41) is 2.84. The van der Waals surface area contributed by atoms with Gasteiger partial charge in [0.1, 0.15) is 5.69 Å². The highest BCUT2D eigenvalue weighted by atomic mass is 35.5. The number of Topliss-reactive ketones (excluding diaryl/α,β-unsaturated/α-hetero) is 1. The van der Waals surface area contributed by atoms with Gasteiger partial charge in [-0.2, -0.15) is 0 Å². The zero-order valence-electron chi connectivity index (χ0n) is 12.5. The summed E-state index contributed by atoms with van der Waals surface area (Å²) in [7, 11) is 1.75. The minimum Gasteiger partial charge on any atom is -0.349 e. The largest absolute Gasteiger partial charge is 0.349 e. The Balaban J connectivity index is 0.00000361. The SMILES string of the molecule is CCC(N)(CC)CNC(=O)c1cc(C(C)=O)cn1C.Cl. The standard InChI is InChI=1S/C14H23N3O2.ClH/c1-5-14(15,6-2)9-16-13(19)12-7-11(10(3)18)8-17(12)4;/h7-8H,5-6,9,15H2,1-4H3,(H,16,19);1H. The Morgan fingerprint density at radius 1 is 1.35 bits per heavy atom. The minimum atomic E-state index is -0.371. The molecule has 0 unspecified atom stereocenters. The highest BCUT2D eigenvalue weighted by Gasteiger charge is 2.22. The van der Waals surface area contributed by atoms with E-state index >= 15 is 0 Å². The van der Waals surface area contributed by atoms with E-state index in [1.54, 1.807) is 23.9 Å². The number of nitrogens with two attached hydrogens (primary N) is 1. The molecule has 20 heavy (non-hydrogen) atoms. The van der Waals surface area contributed by atoms with E-state index in [0.29, 0.717) is 17.8 Å². The second kappa shape index (κ2) is 7.45. The molecule has 1 aromatic rings. The average molecular weight is 302 g/mol. The molecule has 1 amide bonds. The molecule has 0 aromatic carbocycles. The van der Waals surface area contributed by atoms with Crippen LogP contribution in [0.4, 0.5) is 0 Å². The van der Waals surface area contributed by atoms with Crippen LogP contribution in [0.25, 0.3) is 0 Å². The number of aromatic nitrogens is 1. The lowest BCUT2D eigenvalue weighted by atomic mass is 9.94. The fourth-order valence-electron chi connectivity index (χ4n) is 1.83. The molecule has 1 heterocycles. The van der Waals surface area contributed by atoms with E-state index in [9.17, 15) is 9.59 Å². The number of halogens is 1. The van der Waals surface area contributed by atoms with Crippen molar-refractivity contribution in [1.82, 2.24) is 9.88 Å². The first kappa shape index (κ1) is 18.7. The van der Waals surface area contributed by atoms with Crippen LogP contribution >= 0.6 is 12.4 Å². The van der Waals surface area contributed by atoms with Gasteiger partial charge >= 0.3 is 0 Å². The predicted octanol–water partition coefficient (Wildman–Crippen LogP) is 1.90. The molecule has 0 atom stereocenters. The second-order valence-corrected chi connectivity index (χ2v) is 5.03. The Morgan fingerprint density at radius 3 is 2.30 bits per heavy atom. The van der Waals surface area contributed by atoms with Gasteiger partial charge < -0.3 is 15.6 Å². The molecule has 0 spiro atoms. The number of amides is 1. The lowest BCUT2D eigenvalue weighted by Gasteiger charge is -2.26. The van der Waals surface area contributed by atoms with Crippen LogP contribution in [0.5, 0.6) is 0 Å². The maximum Gasteiger partial charge on any atom is 0.267 e. The molecule has 0 saturated heterocycles. The Bertz CT molecular complexity index is 479. The van der Waals surface area contributed by atoms with Crippen LogP contribution in [0.1, 0.15) is 54.5 Å². The van der Waals surface area contributed by atoms with Crippen LogP contribution in [-0.4, -0.2) is 28.3 Å². The average Bonchev–Trinajstić information content (AvgIpc) is 2.78. The quantitative estimate of drug-likeness (QED) is 0.788. The van der Waals surface area contributed by atoms with Crippen molar-refractivity contribution >= 4 is 24.1 Å². The number of nitrogens with zero attached hydrogens (tertiary/aromatic N) is 1. The molecule has 114 valence electrons. The molecule has 1 aromatic heterocycles. The molecule has 0 fully saturated rings. The summed E-state index contributed by atoms with van der Waals surface area (Å²) in [6, 6.07) is 1.60. The molecule has 0 saturated carbocycles. The van der Waals surface area contributed by atoms with Gasteiger partial charge in [0.25, 0.3) is 5.91 Å². The Morgan fingerprint density at radius 2 is 1.90 bits per heavy atom. The molecule has 0 aliphatic rings. The molecule has 6 heteroatoms. The summed E-state index contributed by atoms with van der Waals surface area (Å²) in [5.74, 6) is -0.253. The Labute approximate surface area is 126 Å². The smallest absolute Gasteiger partial charge is 0.267 e. The van der Waals surface area contributed by atoms with E-state index in [4.69, 9.17) is 5.73 Å².